The summed E-state index contributed by atoms with van der Waals surface area (Å²) in [5, 5.41) is 0. The van der Waals surface area contributed by atoms with E-state index in [1.165, 1.54) is 0 Å². The van der Waals surface area contributed by atoms with Crippen molar-refractivity contribution in [2.45, 2.75) is 33.2 Å². The van der Waals surface area contributed by atoms with Gasteiger partial charge in [-0.25, -0.2) is 0 Å². The van der Waals surface area contributed by atoms with Crippen LogP contribution in [0.3, 0.4) is 0 Å². The normalized spacial score (nSPS) is 35.9. The molecule has 3 nitrogen and oxygen atoms in total. The van der Waals surface area contributed by atoms with Gasteiger partial charge in [-0.2, -0.15) is 0 Å². The molecule has 2 aliphatic rings. The molecular weight excluding hydrogens is 190 g/mol. The Balaban J connectivity index is 2.06. The van der Waals surface area contributed by atoms with Crippen LogP contribution >= 0.6 is 0 Å². The third-order valence-corrected chi connectivity index (χ3v) is 3.89. The van der Waals surface area contributed by atoms with Crippen LogP contribution < -0.4 is 0 Å². The van der Waals surface area contributed by atoms with Crippen LogP contribution in [0, 0.1) is 11.3 Å². The molecule has 1 saturated heterocycles. The van der Waals surface area contributed by atoms with E-state index in [0.717, 1.165) is 32.7 Å². The maximum absolute atomic E-state index is 11.5. The first-order valence-corrected chi connectivity index (χ1v) is 5.84. The largest absolute Gasteiger partial charge is 0.379 e. The molecule has 2 unspecified atom stereocenters. The SMILES string of the molecule is CC(=O)C1CC(C)(C)C1N1CCOCC1. The van der Waals surface area contributed by atoms with Crippen molar-refractivity contribution in [3.05, 3.63) is 0 Å². The van der Waals surface area contributed by atoms with Gasteiger partial charge in [0.15, 0.2) is 0 Å². The fraction of sp³-hybridized carbons (Fsp3) is 0.917. The molecule has 3 heteroatoms. The van der Waals surface area contributed by atoms with E-state index < -0.39 is 0 Å². The lowest BCUT2D eigenvalue weighted by Crippen LogP contribution is -2.62. The highest BCUT2D eigenvalue weighted by atomic mass is 16.5. The van der Waals surface area contributed by atoms with Crippen LogP contribution in [-0.4, -0.2) is 43.0 Å². The summed E-state index contributed by atoms with van der Waals surface area (Å²) < 4.78 is 5.36. The van der Waals surface area contributed by atoms with Gasteiger partial charge in [0.25, 0.3) is 0 Å². The third-order valence-electron chi connectivity index (χ3n) is 3.89. The minimum absolute atomic E-state index is 0.262. The molecule has 0 aromatic rings. The molecule has 0 amide bonds. The van der Waals surface area contributed by atoms with Crippen LogP contribution in [0.2, 0.25) is 0 Å². The molecule has 2 atom stereocenters. The third kappa shape index (κ3) is 1.95. The fourth-order valence-electron chi connectivity index (χ4n) is 3.15. The minimum Gasteiger partial charge on any atom is -0.379 e. The summed E-state index contributed by atoms with van der Waals surface area (Å²) in [4.78, 5) is 14.0. The van der Waals surface area contributed by atoms with E-state index in [1.807, 2.05) is 0 Å². The zero-order valence-electron chi connectivity index (χ0n) is 9.95. The number of rotatable bonds is 2. The van der Waals surface area contributed by atoms with Crippen molar-refractivity contribution in [2.24, 2.45) is 11.3 Å². The number of ketones is 1. The second-order valence-electron chi connectivity index (χ2n) is 5.50. The lowest BCUT2D eigenvalue weighted by molar-refractivity contribution is -0.142. The van der Waals surface area contributed by atoms with E-state index in [-0.39, 0.29) is 5.92 Å². The van der Waals surface area contributed by atoms with Crippen LogP contribution in [0.1, 0.15) is 27.2 Å². The van der Waals surface area contributed by atoms with Crippen molar-refractivity contribution >= 4 is 5.78 Å². The number of nitrogens with zero attached hydrogens (tertiary/aromatic N) is 1. The Hall–Kier alpha value is -0.410. The van der Waals surface area contributed by atoms with Crippen molar-refractivity contribution in [1.82, 2.24) is 4.90 Å². The Labute approximate surface area is 91.8 Å². The summed E-state index contributed by atoms with van der Waals surface area (Å²) in [6.07, 6.45) is 1.05. The summed E-state index contributed by atoms with van der Waals surface area (Å²) in [5.74, 6) is 0.615. The monoisotopic (exact) mass is 211 g/mol. The molecule has 15 heavy (non-hydrogen) atoms. The lowest BCUT2D eigenvalue weighted by atomic mass is 9.58. The van der Waals surface area contributed by atoms with E-state index in [2.05, 4.69) is 18.7 Å². The summed E-state index contributed by atoms with van der Waals surface area (Å²) in [6, 6.07) is 0.443. The first-order valence-electron chi connectivity index (χ1n) is 5.84. The first-order chi connectivity index (χ1) is 7.02. The number of morpholine rings is 1. The Morgan fingerprint density at radius 1 is 1.33 bits per heavy atom. The van der Waals surface area contributed by atoms with E-state index in [4.69, 9.17) is 4.74 Å². The number of hydrogen-bond donors (Lipinski definition) is 0. The predicted molar refractivity (Wildman–Crippen MR) is 58.7 cm³/mol. The van der Waals surface area contributed by atoms with E-state index in [1.54, 1.807) is 6.92 Å². The molecule has 0 spiro atoms. The minimum atomic E-state index is 0.262. The van der Waals surface area contributed by atoms with Gasteiger partial charge in [-0.1, -0.05) is 13.8 Å². The number of carbonyl (C=O) groups excluding carboxylic acids is 1. The molecule has 86 valence electrons. The van der Waals surface area contributed by atoms with Gasteiger partial charge in [0, 0.05) is 25.0 Å². The van der Waals surface area contributed by atoms with E-state index >= 15 is 0 Å². The molecule has 0 N–H and O–H groups in total. The van der Waals surface area contributed by atoms with Crippen LogP contribution in [0.5, 0.6) is 0 Å². The van der Waals surface area contributed by atoms with Gasteiger partial charge in [-0.05, 0) is 18.8 Å². The average molecular weight is 211 g/mol. The number of ether oxygens (including phenoxy) is 1. The topological polar surface area (TPSA) is 29.5 Å². The molecule has 0 aromatic carbocycles. The molecule has 1 saturated carbocycles. The van der Waals surface area contributed by atoms with Crippen LogP contribution in [0.15, 0.2) is 0 Å². The van der Waals surface area contributed by atoms with Crippen LogP contribution in [0.25, 0.3) is 0 Å². The lowest BCUT2D eigenvalue weighted by Gasteiger charge is -2.56. The molecular formula is C12H21NO2. The molecule has 2 rings (SSSR count). The van der Waals surface area contributed by atoms with Crippen molar-refractivity contribution in [2.75, 3.05) is 26.3 Å². The Morgan fingerprint density at radius 2 is 1.93 bits per heavy atom. The van der Waals surface area contributed by atoms with E-state index in [9.17, 15) is 4.79 Å². The Bertz CT molecular complexity index is 256. The summed E-state index contributed by atoms with van der Waals surface area (Å²) in [5.41, 5.74) is 0.299. The van der Waals surface area contributed by atoms with Crippen LogP contribution in [0.4, 0.5) is 0 Å². The van der Waals surface area contributed by atoms with Crippen molar-refractivity contribution in [1.29, 1.82) is 0 Å². The highest BCUT2D eigenvalue weighted by Crippen LogP contribution is 2.48. The average Bonchev–Trinajstić information content (AvgIpc) is 2.16. The van der Waals surface area contributed by atoms with Crippen molar-refractivity contribution in [3.8, 4) is 0 Å². The van der Waals surface area contributed by atoms with Gasteiger partial charge >= 0.3 is 0 Å². The Kier molecular flexibility index (Phi) is 2.86. The van der Waals surface area contributed by atoms with Gasteiger partial charge in [0.05, 0.1) is 13.2 Å². The smallest absolute Gasteiger partial charge is 0.134 e. The zero-order chi connectivity index (χ0) is 11.1. The van der Waals surface area contributed by atoms with E-state index in [0.29, 0.717) is 17.2 Å². The molecule has 1 aliphatic carbocycles. The second-order valence-corrected chi connectivity index (χ2v) is 5.50. The number of Topliss-reactive ketones (excluding diaryl/α,β-unsaturated/α-hetero) is 1. The van der Waals surface area contributed by atoms with Crippen LogP contribution in [-0.2, 0) is 9.53 Å². The zero-order valence-corrected chi connectivity index (χ0v) is 9.95. The van der Waals surface area contributed by atoms with Gasteiger partial charge < -0.3 is 4.74 Å². The number of carbonyl (C=O) groups is 1. The first kappa shape index (κ1) is 11.1. The molecule has 2 fully saturated rings. The highest BCUT2D eigenvalue weighted by molar-refractivity contribution is 5.80. The molecule has 0 bridgehead atoms. The number of hydrogen-bond acceptors (Lipinski definition) is 3. The van der Waals surface area contributed by atoms with Crippen molar-refractivity contribution < 1.29 is 9.53 Å². The standard InChI is InChI=1S/C12H21NO2/c1-9(14)10-8-12(2,3)11(10)13-4-6-15-7-5-13/h10-11H,4-8H2,1-3H3. The summed E-state index contributed by atoms with van der Waals surface area (Å²) in [7, 11) is 0. The summed E-state index contributed by atoms with van der Waals surface area (Å²) >= 11 is 0. The quantitative estimate of drug-likeness (QED) is 0.690. The fourth-order valence-corrected chi connectivity index (χ4v) is 3.15. The molecule has 1 aliphatic heterocycles. The molecule has 1 heterocycles. The maximum Gasteiger partial charge on any atom is 0.134 e. The van der Waals surface area contributed by atoms with Gasteiger partial charge in [-0.3, -0.25) is 9.69 Å². The van der Waals surface area contributed by atoms with Crippen molar-refractivity contribution in [3.63, 3.8) is 0 Å². The molecule has 0 aromatic heterocycles. The highest BCUT2D eigenvalue weighted by Gasteiger charge is 2.52. The summed E-state index contributed by atoms with van der Waals surface area (Å²) in [6.45, 7) is 9.87. The second kappa shape index (κ2) is 3.87. The van der Waals surface area contributed by atoms with Gasteiger partial charge in [-0.15, -0.1) is 0 Å². The predicted octanol–water partition coefficient (Wildman–Crippen LogP) is 1.32. The van der Waals surface area contributed by atoms with Gasteiger partial charge in [0.1, 0.15) is 5.78 Å². The maximum atomic E-state index is 11.5. The van der Waals surface area contributed by atoms with Gasteiger partial charge in [0.2, 0.25) is 0 Å². The molecule has 0 radical (unpaired) electrons. The Morgan fingerprint density at radius 3 is 2.40 bits per heavy atom.